The smallest absolute Gasteiger partial charge is 0.410 e. The van der Waals surface area contributed by atoms with Crippen LogP contribution in [0.15, 0.2) is 36.4 Å². The van der Waals surface area contributed by atoms with E-state index < -0.39 is 5.60 Å². The Hall–Kier alpha value is -3.22. The number of piperidine rings is 1. The quantitative estimate of drug-likeness (QED) is 0.449. The molecule has 4 rings (SSSR count). The zero-order valence-corrected chi connectivity index (χ0v) is 22.7. The summed E-state index contributed by atoms with van der Waals surface area (Å²) in [5.74, 6) is 1.26. The molecule has 1 amide bonds. The van der Waals surface area contributed by atoms with E-state index in [-0.39, 0.29) is 24.1 Å². The molecule has 1 heterocycles. The molecule has 0 bridgehead atoms. The van der Waals surface area contributed by atoms with Crippen LogP contribution in [0.3, 0.4) is 0 Å². The zero-order chi connectivity index (χ0) is 26.6. The average molecular weight is 510 g/mol. The molecule has 2 aromatic rings. The van der Waals surface area contributed by atoms with E-state index in [0.717, 1.165) is 65.9 Å². The first-order chi connectivity index (χ1) is 17.6. The zero-order valence-electron chi connectivity index (χ0n) is 22.7. The molecule has 0 aromatic heterocycles. The Bertz CT molecular complexity index is 1100. The molecular formula is C30H39NO6. The predicted molar refractivity (Wildman–Crippen MR) is 141 cm³/mol. The molecule has 200 valence electrons. The number of likely N-dealkylation sites (tertiary alicyclic amines) is 1. The van der Waals surface area contributed by atoms with E-state index >= 15 is 0 Å². The maximum absolute atomic E-state index is 12.3. The Labute approximate surface area is 220 Å². The van der Waals surface area contributed by atoms with Crippen molar-refractivity contribution in [1.82, 2.24) is 4.90 Å². The van der Waals surface area contributed by atoms with E-state index in [2.05, 4.69) is 12.1 Å². The van der Waals surface area contributed by atoms with Gasteiger partial charge < -0.3 is 23.8 Å². The van der Waals surface area contributed by atoms with Gasteiger partial charge in [-0.3, -0.25) is 4.79 Å². The molecule has 1 aliphatic carbocycles. The molecule has 1 fully saturated rings. The number of esters is 1. The summed E-state index contributed by atoms with van der Waals surface area (Å²) in [6.45, 7) is 9.36. The highest BCUT2D eigenvalue weighted by Crippen LogP contribution is 2.38. The van der Waals surface area contributed by atoms with Crippen LogP contribution < -0.4 is 9.47 Å². The number of hydrogen-bond acceptors (Lipinski definition) is 6. The van der Waals surface area contributed by atoms with Crippen LogP contribution >= 0.6 is 0 Å². The van der Waals surface area contributed by atoms with Crippen molar-refractivity contribution in [3.8, 4) is 11.5 Å². The molecule has 1 aliphatic heterocycles. The van der Waals surface area contributed by atoms with Gasteiger partial charge in [0.2, 0.25) is 0 Å². The summed E-state index contributed by atoms with van der Waals surface area (Å²) in [7, 11) is 1.45. The second kappa shape index (κ2) is 11.4. The van der Waals surface area contributed by atoms with Gasteiger partial charge in [-0.25, -0.2) is 4.79 Å². The van der Waals surface area contributed by atoms with Crippen molar-refractivity contribution < 1.29 is 28.5 Å². The maximum atomic E-state index is 12.3. The van der Waals surface area contributed by atoms with Crippen LogP contribution in [-0.2, 0) is 27.3 Å². The third-order valence-corrected chi connectivity index (χ3v) is 6.88. The minimum atomic E-state index is -0.486. The summed E-state index contributed by atoms with van der Waals surface area (Å²) in [6, 6.07) is 12.1. The van der Waals surface area contributed by atoms with Gasteiger partial charge in [0.05, 0.1) is 13.0 Å². The number of nitrogens with zero attached hydrogens (tertiary/aromatic N) is 1. The lowest BCUT2D eigenvalue weighted by atomic mass is 9.81. The summed E-state index contributed by atoms with van der Waals surface area (Å²) in [6.07, 6.45) is 4.01. The van der Waals surface area contributed by atoms with Crippen molar-refractivity contribution in [2.24, 2.45) is 0 Å². The highest BCUT2D eigenvalue weighted by molar-refractivity contribution is 5.79. The number of aryl methyl sites for hydroxylation is 1. The number of carbonyl (C=O) groups is 2. The standard InChI is InChI=1S/C30H39NO6/c1-20-17-26-24(7-6-8-25(26)28(32)34-5)27(18-20)35-19-21-9-11-22(12-10-21)36-23-13-15-31(16-14-23)29(33)37-30(2,3)4/h9-12,17-18,23,25H,6-8,13-16,19H2,1-5H3. The van der Waals surface area contributed by atoms with Crippen molar-refractivity contribution in [3.63, 3.8) is 0 Å². The van der Waals surface area contributed by atoms with Gasteiger partial charge in [-0.2, -0.15) is 0 Å². The number of carbonyl (C=O) groups excluding carboxylic acids is 2. The lowest BCUT2D eigenvalue weighted by Crippen LogP contribution is -2.44. The minimum absolute atomic E-state index is 0.0716. The number of ether oxygens (including phenoxy) is 4. The Morgan fingerprint density at radius 3 is 2.38 bits per heavy atom. The fourth-order valence-corrected chi connectivity index (χ4v) is 5.04. The maximum Gasteiger partial charge on any atom is 0.410 e. The molecule has 37 heavy (non-hydrogen) atoms. The first-order valence-corrected chi connectivity index (χ1v) is 13.2. The van der Waals surface area contributed by atoms with Crippen LogP contribution in [0.4, 0.5) is 4.79 Å². The monoisotopic (exact) mass is 509 g/mol. The normalized spacial score (nSPS) is 18.1. The van der Waals surface area contributed by atoms with Gasteiger partial charge in [-0.15, -0.1) is 0 Å². The van der Waals surface area contributed by atoms with E-state index in [1.165, 1.54) is 7.11 Å². The summed E-state index contributed by atoms with van der Waals surface area (Å²) in [4.78, 5) is 26.3. The number of methoxy groups -OCH3 is 1. The summed E-state index contributed by atoms with van der Waals surface area (Å²) >= 11 is 0. The van der Waals surface area contributed by atoms with E-state index in [4.69, 9.17) is 18.9 Å². The topological polar surface area (TPSA) is 74.3 Å². The van der Waals surface area contributed by atoms with Crippen molar-refractivity contribution in [2.75, 3.05) is 20.2 Å². The van der Waals surface area contributed by atoms with Crippen molar-refractivity contribution in [1.29, 1.82) is 0 Å². The fraction of sp³-hybridized carbons (Fsp3) is 0.533. The molecule has 7 nitrogen and oxygen atoms in total. The molecule has 0 spiro atoms. The highest BCUT2D eigenvalue weighted by atomic mass is 16.6. The van der Waals surface area contributed by atoms with Gasteiger partial charge in [0.25, 0.3) is 0 Å². The fourth-order valence-electron chi connectivity index (χ4n) is 5.04. The molecule has 0 radical (unpaired) electrons. The lowest BCUT2D eigenvalue weighted by Gasteiger charge is -2.33. The second-order valence-corrected chi connectivity index (χ2v) is 11.0. The van der Waals surface area contributed by atoms with Crippen molar-refractivity contribution in [3.05, 3.63) is 58.7 Å². The van der Waals surface area contributed by atoms with E-state index in [1.54, 1.807) is 4.90 Å². The number of rotatable bonds is 6. The first-order valence-electron chi connectivity index (χ1n) is 13.2. The van der Waals surface area contributed by atoms with Gasteiger partial charge >= 0.3 is 12.1 Å². The molecule has 1 atom stereocenters. The summed E-state index contributed by atoms with van der Waals surface area (Å²) in [5, 5.41) is 0. The number of fused-ring (bicyclic) bond motifs is 1. The minimum Gasteiger partial charge on any atom is -0.490 e. The third kappa shape index (κ3) is 6.96. The van der Waals surface area contributed by atoms with Gasteiger partial charge in [-0.05, 0) is 87.4 Å². The molecule has 1 unspecified atom stereocenters. The van der Waals surface area contributed by atoms with Crippen LogP contribution in [0.25, 0.3) is 0 Å². The molecule has 0 saturated carbocycles. The first kappa shape index (κ1) is 26.8. The highest BCUT2D eigenvalue weighted by Gasteiger charge is 2.30. The Morgan fingerprint density at radius 2 is 1.73 bits per heavy atom. The van der Waals surface area contributed by atoms with Gasteiger partial charge in [0, 0.05) is 25.9 Å². The summed E-state index contributed by atoms with van der Waals surface area (Å²) in [5.41, 5.74) is 3.79. The van der Waals surface area contributed by atoms with Gasteiger partial charge in [-0.1, -0.05) is 18.2 Å². The van der Waals surface area contributed by atoms with Crippen LogP contribution in [0.5, 0.6) is 11.5 Å². The van der Waals surface area contributed by atoms with Crippen LogP contribution in [0, 0.1) is 6.92 Å². The third-order valence-electron chi connectivity index (χ3n) is 6.88. The Kier molecular flexibility index (Phi) is 8.30. The van der Waals surface area contributed by atoms with Crippen molar-refractivity contribution >= 4 is 12.1 Å². The molecule has 0 N–H and O–H groups in total. The molecular weight excluding hydrogens is 470 g/mol. The molecule has 2 aliphatic rings. The van der Waals surface area contributed by atoms with Gasteiger partial charge in [0.1, 0.15) is 29.8 Å². The van der Waals surface area contributed by atoms with Crippen LogP contribution in [-0.4, -0.2) is 48.9 Å². The molecule has 7 heteroatoms. The lowest BCUT2D eigenvalue weighted by molar-refractivity contribution is -0.142. The number of benzene rings is 2. The van der Waals surface area contributed by atoms with Gasteiger partial charge in [0.15, 0.2) is 0 Å². The second-order valence-electron chi connectivity index (χ2n) is 11.0. The molecule has 2 aromatic carbocycles. The predicted octanol–water partition coefficient (Wildman–Crippen LogP) is 5.95. The van der Waals surface area contributed by atoms with E-state index in [9.17, 15) is 9.59 Å². The van der Waals surface area contributed by atoms with Crippen LogP contribution in [0.2, 0.25) is 0 Å². The Balaban J connectivity index is 1.31. The number of hydrogen-bond donors (Lipinski definition) is 0. The average Bonchev–Trinajstić information content (AvgIpc) is 2.86. The Morgan fingerprint density at radius 1 is 1.03 bits per heavy atom. The van der Waals surface area contributed by atoms with E-state index in [1.807, 2.05) is 52.0 Å². The SMILES string of the molecule is COC(=O)C1CCCc2c(OCc3ccc(OC4CCN(C(=O)OC(C)(C)C)CC4)cc3)cc(C)cc21. The number of amides is 1. The van der Waals surface area contributed by atoms with Crippen LogP contribution in [0.1, 0.15) is 74.6 Å². The largest absolute Gasteiger partial charge is 0.490 e. The van der Waals surface area contributed by atoms with Crippen molar-refractivity contribution in [2.45, 2.75) is 84.0 Å². The molecule has 1 saturated heterocycles. The van der Waals surface area contributed by atoms with E-state index in [0.29, 0.717) is 19.7 Å². The summed E-state index contributed by atoms with van der Waals surface area (Å²) < 4.78 is 22.9.